The number of halogens is 2. The molecule has 0 aromatic heterocycles. The minimum absolute atomic E-state index is 0.488. The molecule has 0 fully saturated rings. The van der Waals surface area contributed by atoms with E-state index in [4.69, 9.17) is 0 Å². The zero-order chi connectivity index (χ0) is 16.0. The molecule has 2 heteroatoms. The summed E-state index contributed by atoms with van der Waals surface area (Å²) in [5.41, 5.74) is 2.89. The number of benzene rings is 3. The van der Waals surface area contributed by atoms with Gasteiger partial charge in [-0.15, -0.1) is 0 Å². The highest BCUT2D eigenvalue weighted by Crippen LogP contribution is 2.41. The van der Waals surface area contributed by atoms with Gasteiger partial charge in [-0.3, -0.25) is 0 Å². The first kappa shape index (κ1) is 16.0. The third-order valence-corrected chi connectivity index (χ3v) is 5.27. The molecular weight excluding hydrogens is 400 g/mol. The van der Waals surface area contributed by atoms with Crippen molar-refractivity contribution in [2.45, 2.75) is 39.5 Å². The summed E-state index contributed by atoms with van der Waals surface area (Å²) in [6.45, 7) is 9.14. The minimum Gasteiger partial charge on any atom is -0.0586 e. The summed E-state index contributed by atoms with van der Waals surface area (Å²) >= 11 is 7.29. The maximum absolute atomic E-state index is 3.65. The van der Waals surface area contributed by atoms with E-state index in [1.807, 2.05) is 0 Å². The van der Waals surface area contributed by atoms with Gasteiger partial charge in [0.05, 0.1) is 0 Å². The Bertz CT molecular complexity index is 787. The fraction of sp³-hybridized carbons (Fsp3) is 0.300. The monoisotopic (exact) mass is 418 g/mol. The van der Waals surface area contributed by atoms with Crippen LogP contribution < -0.4 is 0 Å². The molecule has 0 nitrogen and oxygen atoms in total. The largest absolute Gasteiger partial charge is 0.0586 e. The summed E-state index contributed by atoms with van der Waals surface area (Å²) in [7, 11) is 0. The molecule has 0 radical (unpaired) electrons. The first-order chi connectivity index (χ1) is 10.4. The van der Waals surface area contributed by atoms with Crippen molar-refractivity contribution >= 4 is 53.4 Å². The van der Waals surface area contributed by atoms with E-state index in [0.717, 1.165) is 8.95 Å². The molecule has 0 N–H and O–H groups in total. The lowest BCUT2D eigenvalue weighted by Crippen LogP contribution is -1.99. The summed E-state index contributed by atoms with van der Waals surface area (Å²) in [5.74, 6) is 0.975. The van der Waals surface area contributed by atoms with Gasteiger partial charge in [-0.05, 0) is 68.8 Å². The topological polar surface area (TPSA) is 0 Å². The van der Waals surface area contributed by atoms with Gasteiger partial charge in [0, 0.05) is 8.95 Å². The summed E-state index contributed by atoms with van der Waals surface area (Å²) in [6.07, 6.45) is 0. The Kier molecular flexibility index (Phi) is 4.35. The second kappa shape index (κ2) is 5.98. The Labute approximate surface area is 149 Å². The molecule has 3 aromatic rings. The molecular formula is C20H20Br2. The maximum atomic E-state index is 3.65. The normalized spacial score (nSPS) is 12.0. The van der Waals surface area contributed by atoms with Crippen LogP contribution in [0.4, 0.5) is 0 Å². The van der Waals surface area contributed by atoms with E-state index in [-0.39, 0.29) is 0 Å². The van der Waals surface area contributed by atoms with E-state index >= 15 is 0 Å². The zero-order valence-corrected chi connectivity index (χ0v) is 16.5. The Balaban J connectivity index is 2.63. The summed E-state index contributed by atoms with van der Waals surface area (Å²) in [5, 5.41) is 5.52. The first-order valence-electron chi connectivity index (χ1n) is 7.74. The fourth-order valence-corrected chi connectivity index (χ4v) is 4.20. The molecule has 0 saturated heterocycles. The Hall–Kier alpha value is -0.860. The van der Waals surface area contributed by atoms with Crippen molar-refractivity contribution in [2.75, 3.05) is 0 Å². The van der Waals surface area contributed by atoms with Crippen LogP contribution in [0.5, 0.6) is 0 Å². The second-order valence-corrected chi connectivity index (χ2v) is 8.35. The molecule has 0 bridgehead atoms. The summed E-state index contributed by atoms with van der Waals surface area (Å²) < 4.78 is 2.29. The Morgan fingerprint density at radius 3 is 1.27 bits per heavy atom. The van der Waals surface area contributed by atoms with Crippen LogP contribution in [0.25, 0.3) is 21.5 Å². The van der Waals surface area contributed by atoms with E-state index < -0.39 is 0 Å². The molecule has 22 heavy (non-hydrogen) atoms. The van der Waals surface area contributed by atoms with Crippen molar-refractivity contribution in [2.24, 2.45) is 0 Å². The smallest absolute Gasteiger partial charge is 0.0181 e. The molecule has 0 aliphatic carbocycles. The van der Waals surface area contributed by atoms with Crippen LogP contribution in [0.2, 0.25) is 0 Å². The van der Waals surface area contributed by atoms with Crippen LogP contribution in [-0.4, -0.2) is 0 Å². The molecule has 114 valence electrons. The molecule has 0 aliphatic rings. The molecule has 0 amide bonds. The van der Waals surface area contributed by atoms with Crippen LogP contribution in [-0.2, 0) is 0 Å². The Morgan fingerprint density at radius 2 is 0.955 bits per heavy atom. The third kappa shape index (κ3) is 2.61. The van der Waals surface area contributed by atoms with Crippen LogP contribution in [0.3, 0.4) is 0 Å². The van der Waals surface area contributed by atoms with Gasteiger partial charge in [-0.1, -0.05) is 71.7 Å². The summed E-state index contributed by atoms with van der Waals surface area (Å²) in [4.78, 5) is 0. The van der Waals surface area contributed by atoms with Gasteiger partial charge in [-0.25, -0.2) is 0 Å². The average molecular weight is 420 g/mol. The lowest BCUT2D eigenvalue weighted by molar-refractivity contribution is 0.873. The Morgan fingerprint density at radius 1 is 0.591 bits per heavy atom. The molecule has 3 aromatic carbocycles. The van der Waals surface area contributed by atoms with Gasteiger partial charge in [0.25, 0.3) is 0 Å². The number of hydrogen-bond acceptors (Lipinski definition) is 0. The average Bonchev–Trinajstić information content (AvgIpc) is 2.43. The van der Waals surface area contributed by atoms with Gasteiger partial charge in [-0.2, -0.15) is 0 Å². The SMILES string of the molecule is CC(C)c1c2ccc(Br)cc2c(C(C)C)c2ccc(Br)cc12. The van der Waals surface area contributed by atoms with Crippen LogP contribution >= 0.6 is 31.9 Å². The highest BCUT2D eigenvalue weighted by molar-refractivity contribution is 9.10. The highest BCUT2D eigenvalue weighted by Gasteiger charge is 2.18. The second-order valence-electron chi connectivity index (χ2n) is 6.52. The first-order valence-corrected chi connectivity index (χ1v) is 9.33. The van der Waals surface area contributed by atoms with Crippen molar-refractivity contribution in [1.82, 2.24) is 0 Å². The number of rotatable bonds is 2. The van der Waals surface area contributed by atoms with Gasteiger partial charge in [0.15, 0.2) is 0 Å². The van der Waals surface area contributed by atoms with Crippen LogP contribution in [0, 0.1) is 0 Å². The fourth-order valence-electron chi connectivity index (χ4n) is 3.48. The maximum Gasteiger partial charge on any atom is 0.0181 e. The van der Waals surface area contributed by atoms with Crippen molar-refractivity contribution in [3.05, 3.63) is 56.5 Å². The molecule has 0 spiro atoms. The summed E-state index contributed by atoms with van der Waals surface area (Å²) in [6, 6.07) is 13.4. The molecule has 0 unspecified atom stereocenters. The highest BCUT2D eigenvalue weighted by atomic mass is 79.9. The molecule has 0 aliphatic heterocycles. The van der Waals surface area contributed by atoms with Gasteiger partial charge in [0.1, 0.15) is 0 Å². The van der Waals surface area contributed by atoms with E-state index in [9.17, 15) is 0 Å². The number of hydrogen-bond donors (Lipinski definition) is 0. The zero-order valence-electron chi connectivity index (χ0n) is 13.4. The lowest BCUT2D eigenvalue weighted by Gasteiger charge is -2.21. The number of fused-ring (bicyclic) bond motifs is 2. The molecule has 0 saturated carbocycles. The molecule has 0 heterocycles. The van der Waals surface area contributed by atoms with Crippen molar-refractivity contribution in [3.8, 4) is 0 Å². The van der Waals surface area contributed by atoms with Crippen LogP contribution in [0.15, 0.2) is 45.3 Å². The van der Waals surface area contributed by atoms with Crippen molar-refractivity contribution < 1.29 is 0 Å². The van der Waals surface area contributed by atoms with Crippen molar-refractivity contribution in [3.63, 3.8) is 0 Å². The lowest BCUT2D eigenvalue weighted by atomic mass is 9.84. The quantitative estimate of drug-likeness (QED) is 0.372. The van der Waals surface area contributed by atoms with E-state index in [2.05, 4.69) is 96.0 Å². The van der Waals surface area contributed by atoms with Crippen molar-refractivity contribution in [1.29, 1.82) is 0 Å². The third-order valence-electron chi connectivity index (χ3n) is 4.28. The predicted molar refractivity (Wildman–Crippen MR) is 105 cm³/mol. The van der Waals surface area contributed by atoms with Crippen LogP contribution in [0.1, 0.15) is 50.7 Å². The predicted octanol–water partition coefficient (Wildman–Crippen LogP) is 7.76. The molecule has 3 rings (SSSR count). The van der Waals surface area contributed by atoms with E-state index in [1.165, 1.54) is 32.7 Å². The van der Waals surface area contributed by atoms with E-state index in [1.54, 1.807) is 0 Å². The van der Waals surface area contributed by atoms with Gasteiger partial charge >= 0.3 is 0 Å². The minimum atomic E-state index is 0.488. The van der Waals surface area contributed by atoms with Gasteiger partial charge in [0.2, 0.25) is 0 Å². The van der Waals surface area contributed by atoms with Gasteiger partial charge < -0.3 is 0 Å². The standard InChI is InChI=1S/C20H20Br2/c1-11(2)19-15-7-5-14(22)10-18(15)20(12(3)4)16-8-6-13(21)9-17(16)19/h5-12H,1-4H3. The molecule has 0 atom stereocenters. The van der Waals surface area contributed by atoms with E-state index in [0.29, 0.717) is 11.8 Å².